The normalized spacial score (nSPS) is 10.2. The van der Waals surface area contributed by atoms with Gasteiger partial charge in [0.1, 0.15) is 18.4 Å². The van der Waals surface area contributed by atoms with Crippen LogP contribution < -0.4 is 4.74 Å². The third-order valence-corrected chi connectivity index (χ3v) is 2.20. The zero-order valence-corrected chi connectivity index (χ0v) is 12.2. The van der Waals surface area contributed by atoms with Crippen molar-refractivity contribution < 1.29 is 9.84 Å². The smallest absolute Gasteiger partial charge is 0.137 e. The Morgan fingerprint density at radius 1 is 1.42 bits per heavy atom. The van der Waals surface area contributed by atoms with Crippen molar-refractivity contribution in [3.8, 4) is 11.8 Å². The topological polar surface area (TPSA) is 70.5 Å². The number of nitriles is 1. The van der Waals surface area contributed by atoms with E-state index >= 15 is 0 Å². The van der Waals surface area contributed by atoms with Crippen LogP contribution in [0.2, 0.25) is 0 Å². The minimum atomic E-state index is -0.878. The van der Waals surface area contributed by atoms with Gasteiger partial charge in [-0.2, -0.15) is 10.4 Å². The number of hydrogen-bond acceptors (Lipinski definition) is 4. The van der Waals surface area contributed by atoms with Gasteiger partial charge in [-0.15, -0.1) is 24.8 Å². The van der Waals surface area contributed by atoms with E-state index in [2.05, 4.69) is 11.2 Å². The van der Waals surface area contributed by atoms with Gasteiger partial charge in [0.05, 0.1) is 29.1 Å². The van der Waals surface area contributed by atoms with Gasteiger partial charge >= 0.3 is 0 Å². The quantitative estimate of drug-likeness (QED) is 0.943. The molecular formula is C12H15Cl2N3O2. The van der Waals surface area contributed by atoms with Gasteiger partial charge in [-0.05, 0) is 26.0 Å². The van der Waals surface area contributed by atoms with E-state index in [4.69, 9.17) is 10.00 Å². The van der Waals surface area contributed by atoms with E-state index in [0.717, 1.165) is 5.52 Å². The second-order valence-electron chi connectivity index (χ2n) is 4.47. The Labute approximate surface area is 123 Å². The summed E-state index contributed by atoms with van der Waals surface area (Å²) in [6, 6.07) is 5.58. The third kappa shape index (κ3) is 4.28. The van der Waals surface area contributed by atoms with E-state index in [9.17, 15) is 5.11 Å². The Balaban J connectivity index is 0.00000162. The highest BCUT2D eigenvalue weighted by molar-refractivity contribution is 5.85. The van der Waals surface area contributed by atoms with Crippen molar-refractivity contribution >= 4 is 30.3 Å². The van der Waals surface area contributed by atoms with Crippen LogP contribution in [0.25, 0.3) is 5.52 Å². The molecule has 0 unspecified atom stereocenters. The molecule has 7 heteroatoms. The van der Waals surface area contributed by atoms with Crippen LogP contribution in [0, 0.1) is 11.3 Å². The summed E-state index contributed by atoms with van der Waals surface area (Å²) in [6.07, 6.45) is 3.19. The maximum absolute atomic E-state index is 9.54. The molecule has 19 heavy (non-hydrogen) atoms. The Morgan fingerprint density at radius 3 is 2.68 bits per heavy atom. The Bertz CT molecular complexity index is 585. The van der Waals surface area contributed by atoms with Gasteiger partial charge in [-0.1, -0.05) is 0 Å². The van der Waals surface area contributed by atoms with Crippen LogP contribution in [0.4, 0.5) is 0 Å². The van der Waals surface area contributed by atoms with Gasteiger partial charge in [0.15, 0.2) is 0 Å². The lowest BCUT2D eigenvalue weighted by Crippen LogP contribution is -2.27. The lowest BCUT2D eigenvalue weighted by molar-refractivity contribution is 0.0283. The molecule has 0 amide bonds. The lowest BCUT2D eigenvalue weighted by Gasteiger charge is -2.17. The minimum Gasteiger partial charge on any atom is -0.489 e. The van der Waals surface area contributed by atoms with Gasteiger partial charge in [-0.3, -0.25) is 0 Å². The molecule has 0 atom stereocenters. The molecular weight excluding hydrogens is 289 g/mol. The van der Waals surface area contributed by atoms with E-state index in [1.807, 2.05) is 0 Å². The Morgan fingerprint density at radius 2 is 2.11 bits per heavy atom. The highest BCUT2D eigenvalue weighted by Gasteiger charge is 2.13. The maximum atomic E-state index is 9.54. The molecule has 0 saturated carbocycles. The molecule has 104 valence electrons. The summed E-state index contributed by atoms with van der Waals surface area (Å²) >= 11 is 0. The number of fused-ring (bicyclic) bond motifs is 1. The van der Waals surface area contributed by atoms with Crippen molar-refractivity contribution in [3.63, 3.8) is 0 Å². The SMILES string of the molecule is CC(C)(O)COc1ccc2c(C#N)cnn2c1.Cl.Cl. The summed E-state index contributed by atoms with van der Waals surface area (Å²) in [5.74, 6) is 0.604. The first kappa shape index (κ1) is 17.5. The molecule has 0 aromatic carbocycles. The maximum Gasteiger partial charge on any atom is 0.137 e. The Hall–Kier alpha value is -1.48. The lowest BCUT2D eigenvalue weighted by atomic mass is 10.2. The summed E-state index contributed by atoms with van der Waals surface area (Å²) in [6.45, 7) is 3.55. The van der Waals surface area contributed by atoms with Crippen molar-refractivity contribution in [2.45, 2.75) is 19.4 Å². The summed E-state index contributed by atoms with van der Waals surface area (Å²) < 4.78 is 7.01. The molecule has 0 fully saturated rings. The van der Waals surface area contributed by atoms with Gasteiger partial charge in [0, 0.05) is 0 Å². The molecule has 0 aliphatic heterocycles. The molecule has 2 rings (SSSR count). The van der Waals surface area contributed by atoms with E-state index in [-0.39, 0.29) is 31.4 Å². The van der Waals surface area contributed by atoms with Gasteiger partial charge < -0.3 is 9.84 Å². The van der Waals surface area contributed by atoms with Crippen LogP contribution in [0.1, 0.15) is 19.4 Å². The molecule has 0 bridgehead atoms. The van der Waals surface area contributed by atoms with Crippen molar-refractivity contribution in [2.75, 3.05) is 6.61 Å². The highest BCUT2D eigenvalue weighted by atomic mass is 35.5. The summed E-state index contributed by atoms with van der Waals surface area (Å²) in [5.41, 5.74) is 0.388. The predicted molar refractivity (Wildman–Crippen MR) is 76.2 cm³/mol. The third-order valence-electron chi connectivity index (χ3n) is 2.20. The number of rotatable bonds is 3. The number of aliphatic hydroxyl groups is 1. The van der Waals surface area contributed by atoms with Crippen LogP contribution in [-0.4, -0.2) is 26.9 Å². The molecule has 2 aromatic rings. The fourth-order valence-corrected chi connectivity index (χ4v) is 1.40. The van der Waals surface area contributed by atoms with E-state index in [1.54, 1.807) is 36.7 Å². The van der Waals surface area contributed by atoms with Crippen molar-refractivity contribution in [3.05, 3.63) is 30.1 Å². The van der Waals surface area contributed by atoms with E-state index < -0.39 is 5.60 Å². The zero-order valence-electron chi connectivity index (χ0n) is 10.5. The number of nitrogens with zero attached hydrogens (tertiary/aromatic N) is 3. The Kier molecular flexibility index (Phi) is 6.10. The molecule has 2 heterocycles. The van der Waals surface area contributed by atoms with Crippen LogP contribution in [0.15, 0.2) is 24.5 Å². The van der Waals surface area contributed by atoms with Gasteiger partial charge in [0.25, 0.3) is 0 Å². The van der Waals surface area contributed by atoms with Crippen LogP contribution in [0.5, 0.6) is 5.75 Å². The summed E-state index contributed by atoms with van der Waals surface area (Å²) in [4.78, 5) is 0. The molecule has 0 aliphatic carbocycles. The first-order valence-electron chi connectivity index (χ1n) is 5.22. The fourth-order valence-electron chi connectivity index (χ4n) is 1.40. The number of halogens is 2. The largest absolute Gasteiger partial charge is 0.489 e. The molecule has 0 radical (unpaired) electrons. The predicted octanol–water partition coefficient (Wildman–Crippen LogP) is 2.20. The van der Waals surface area contributed by atoms with E-state index in [0.29, 0.717) is 11.3 Å². The molecule has 0 aliphatic rings. The van der Waals surface area contributed by atoms with Crippen molar-refractivity contribution in [2.24, 2.45) is 0 Å². The average molecular weight is 304 g/mol. The van der Waals surface area contributed by atoms with Crippen LogP contribution in [-0.2, 0) is 0 Å². The van der Waals surface area contributed by atoms with Crippen LogP contribution in [0.3, 0.4) is 0 Å². The van der Waals surface area contributed by atoms with Crippen molar-refractivity contribution in [1.29, 1.82) is 5.26 Å². The van der Waals surface area contributed by atoms with Gasteiger partial charge in [0.2, 0.25) is 0 Å². The highest BCUT2D eigenvalue weighted by Crippen LogP contribution is 2.17. The van der Waals surface area contributed by atoms with Gasteiger partial charge in [-0.25, -0.2) is 4.52 Å². The van der Waals surface area contributed by atoms with E-state index in [1.165, 1.54) is 6.20 Å². The first-order chi connectivity index (χ1) is 7.99. The molecule has 5 nitrogen and oxygen atoms in total. The second kappa shape index (κ2) is 6.62. The minimum absolute atomic E-state index is 0. The molecule has 1 N–H and O–H groups in total. The standard InChI is InChI=1S/C12H13N3O2.2ClH/c1-12(2,16)8-17-10-3-4-11-9(5-13)6-14-15(11)7-10;;/h3-4,6-7,16H,8H2,1-2H3;2*1H. The van der Waals surface area contributed by atoms with Crippen LogP contribution >= 0.6 is 24.8 Å². The molecule has 0 saturated heterocycles. The summed E-state index contributed by atoms with van der Waals surface area (Å²) in [5, 5.41) is 22.4. The molecule has 2 aromatic heterocycles. The first-order valence-corrected chi connectivity index (χ1v) is 5.22. The molecule has 0 spiro atoms. The number of ether oxygens (including phenoxy) is 1. The number of aromatic nitrogens is 2. The number of hydrogen-bond donors (Lipinski definition) is 1. The second-order valence-corrected chi connectivity index (χ2v) is 4.47. The van der Waals surface area contributed by atoms with Crippen molar-refractivity contribution in [1.82, 2.24) is 9.61 Å². The monoisotopic (exact) mass is 303 g/mol. The number of pyridine rings is 1. The average Bonchev–Trinajstić information content (AvgIpc) is 2.67. The fraction of sp³-hybridized carbons (Fsp3) is 0.333. The summed E-state index contributed by atoms with van der Waals surface area (Å²) in [7, 11) is 0. The zero-order chi connectivity index (χ0) is 12.5.